The quantitative estimate of drug-likeness (QED) is 0.450. The Hall–Kier alpha value is -3.72. The van der Waals surface area contributed by atoms with Crippen LogP contribution in [0.25, 0.3) is 10.8 Å². The van der Waals surface area contributed by atoms with Crippen LogP contribution in [-0.4, -0.2) is 18.7 Å². The summed E-state index contributed by atoms with van der Waals surface area (Å²) in [5.74, 6) is 0.181. The predicted molar refractivity (Wildman–Crippen MR) is 110 cm³/mol. The molecule has 4 rings (SSSR count). The van der Waals surface area contributed by atoms with E-state index in [4.69, 9.17) is 4.74 Å². The molecule has 136 valence electrons. The molecule has 0 bridgehead atoms. The third-order valence-corrected chi connectivity index (χ3v) is 4.76. The Labute approximate surface area is 163 Å². The third-order valence-electron chi connectivity index (χ3n) is 4.76. The minimum Gasteiger partial charge on any atom is -0.495 e. The van der Waals surface area contributed by atoms with E-state index in [0.717, 1.165) is 10.8 Å². The maximum absolute atomic E-state index is 13.2. The van der Waals surface area contributed by atoms with E-state index in [2.05, 4.69) is 0 Å². The lowest BCUT2D eigenvalue weighted by molar-refractivity contribution is 0.103. The molecule has 0 N–H and O–H groups in total. The second-order valence-corrected chi connectivity index (χ2v) is 6.44. The maximum Gasteiger partial charge on any atom is 0.196 e. The molecular formula is C25H18O3. The van der Waals surface area contributed by atoms with Crippen LogP contribution >= 0.6 is 0 Å². The summed E-state index contributed by atoms with van der Waals surface area (Å²) in [7, 11) is 1.54. The van der Waals surface area contributed by atoms with Crippen LogP contribution in [0.3, 0.4) is 0 Å². The van der Waals surface area contributed by atoms with Gasteiger partial charge in [-0.1, -0.05) is 84.9 Å². The van der Waals surface area contributed by atoms with Gasteiger partial charge >= 0.3 is 0 Å². The van der Waals surface area contributed by atoms with Crippen LogP contribution in [0.4, 0.5) is 0 Å². The number of fused-ring (bicyclic) bond motifs is 1. The van der Waals surface area contributed by atoms with Crippen molar-refractivity contribution in [2.75, 3.05) is 7.11 Å². The fourth-order valence-corrected chi connectivity index (χ4v) is 3.42. The first kappa shape index (κ1) is 17.7. The largest absolute Gasteiger partial charge is 0.495 e. The van der Waals surface area contributed by atoms with Crippen molar-refractivity contribution in [2.24, 2.45) is 0 Å². The van der Waals surface area contributed by atoms with Crippen molar-refractivity contribution in [3.63, 3.8) is 0 Å². The lowest BCUT2D eigenvalue weighted by atomic mass is 9.91. The van der Waals surface area contributed by atoms with Crippen LogP contribution in [0.2, 0.25) is 0 Å². The summed E-state index contributed by atoms with van der Waals surface area (Å²) in [6.45, 7) is 0. The zero-order chi connectivity index (χ0) is 19.5. The summed E-state index contributed by atoms with van der Waals surface area (Å²) >= 11 is 0. The van der Waals surface area contributed by atoms with E-state index in [9.17, 15) is 9.59 Å². The molecule has 0 saturated carbocycles. The summed E-state index contributed by atoms with van der Waals surface area (Å²) < 4.78 is 5.61. The van der Waals surface area contributed by atoms with Crippen LogP contribution in [0, 0.1) is 0 Å². The first-order chi connectivity index (χ1) is 13.7. The smallest absolute Gasteiger partial charge is 0.196 e. The molecule has 0 aromatic heterocycles. The summed E-state index contributed by atoms with van der Waals surface area (Å²) in [5, 5.41) is 1.50. The van der Waals surface area contributed by atoms with E-state index in [1.807, 2.05) is 60.7 Å². The second-order valence-electron chi connectivity index (χ2n) is 6.44. The molecule has 0 aliphatic heterocycles. The van der Waals surface area contributed by atoms with E-state index >= 15 is 0 Å². The maximum atomic E-state index is 13.2. The van der Waals surface area contributed by atoms with Gasteiger partial charge in [0.25, 0.3) is 0 Å². The summed E-state index contributed by atoms with van der Waals surface area (Å²) in [5.41, 5.74) is 2.00. The standard InChI is InChI=1S/C25H18O3/c1-28-25-20-15-9-8-14-19(20)21(23(26)17-10-4-2-5-11-17)16-22(25)24(27)18-12-6-3-7-13-18/h2-16H,1H3. The average molecular weight is 366 g/mol. The topological polar surface area (TPSA) is 43.4 Å². The molecule has 0 radical (unpaired) electrons. The van der Waals surface area contributed by atoms with Crippen LogP contribution < -0.4 is 4.74 Å². The fraction of sp³-hybridized carbons (Fsp3) is 0.0400. The molecule has 0 unspecified atom stereocenters. The molecule has 3 nitrogen and oxygen atoms in total. The molecule has 28 heavy (non-hydrogen) atoms. The molecule has 0 spiro atoms. The molecule has 4 aromatic carbocycles. The summed E-state index contributed by atoms with van der Waals surface area (Å²) in [4.78, 5) is 26.4. The van der Waals surface area contributed by atoms with Gasteiger partial charge in [0, 0.05) is 22.1 Å². The second kappa shape index (κ2) is 7.49. The van der Waals surface area contributed by atoms with Crippen molar-refractivity contribution < 1.29 is 14.3 Å². The molecule has 0 aliphatic carbocycles. The van der Waals surface area contributed by atoms with Crippen LogP contribution in [0.5, 0.6) is 5.75 Å². The Balaban J connectivity index is 1.98. The zero-order valence-corrected chi connectivity index (χ0v) is 15.4. The Morgan fingerprint density at radius 1 is 0.607 bits per heavy atom. The molecule has 0 aliphatic rings. The minimum absolute atomic E-state index is 0.124. The van der Waals surface area contributed by atoms with E-state index in [0.29, 0.717) is 28.0 Å². The van der Waals surface area contributed by atoms with Crippen molar-refractivity contribution >= 4 is 22.3 Å². The summed E-state index contributed by atoms with van der Waals surface area (Å²) in [6.07, 6.45) is 0. The number of ether oxygens (including phenoxy) is 1. The average Bonchev–Trinajstić information content (AvgIpc) is 2.78. The third kappa shape index (κ3) is 3.08. The van der Waals surface area contributed by atoms with Crippen molar-refractivity contribution in [2.45, 2.75) is 0 Å². The monoisotopic (exact) mass is 366 g/mol. The lowest BCUT2D eigenvalue weighted by Gasteiger charge is -2.15. The van der Waals surface area contributed by atoms with Crippen molar-refractivity contribution in [3.05, 3.63) is 113 Å². The van der Waals surface area contributed by atoms with Crippen LogP contribution in [0.1, 0.15) is 31.8 Å². The number of methoxy groups -OCH3 is 1. The number of carbonyl (C=O) groups is 2. The highest BCUT2D eigenvalue weighted by Gasteiger charge is 2.22. The molecule has 0 fully saturated rings. The van der Waals surface area contributed by atoms with Crippen molar-refractivity contribution in [1.29, 1.82) is 0 Å². The van der Waals surface area contributed by atoms with Gasteiger partial charge in [0.1, 0.15) is 5.75 Å². The number of ketones is 2. The Bertz CT molecular complexity index is 1160. The Kier molecular flexibility index (Phi) is 4.73. The van der Waals surface area contributed by atoms with Crippen LogP contribution in [0.15, 0.2) is 91.0 Å². The predicted octanol–water partition coefficient (Wildman–Crippen LogP) is 5.31. The lowest BCUT2D eigenvalue weighted by Crippen LogP contribution is -2.09. The minimum atomic E-state index is -0.176. The molecule has 0 heterocycles. The Morgan fingerprint density at radius 2 is 1.07 bits per heavy atom. The van der Waals surface area contributed by atoms with E-state index < -0.39 is 0 Å². The highest BCUT2D eigenvalue weighted by atomic mass is 16.5. The van der Waals surface area contributed by atoms with Gasteiger partial charge in [-0.05, 0) is 11.5 Å². The van der Waals surface area contributed by atoms with Gasteiger partial charge in [0.2, 0.25) is 0 Å². The Morgan fingerprint density at radius 3 is 1.61 bits per heavy atom. The molecule has 3 heteroatoms. The first-order valence-electron chi connectivity index (χ1n) is 9.00. The van der Waals surface area contributed by atoms with E-state index in [-0.39, 0.29) is 11.6 Å². The SMILES string of the molecule is COc1c(C(=O)c2ccccc2)cc(C(=O)c2ccccc2)c2ccccc12. The van der Waals surface area contributed by atoms with Gasteiger partial charge in [-0.2, -0.15) is 0 Å². The van der Waals surface area contributed by atoms with Gasteiger partial charge in [-0.25, -0.2) is 0 Å². The molecule has 0 amide bonds. The van der Waals surface area contributed by atoms with Gasteiger partial charge in [-0.3, -0.25) is 9.59 Å². The molecular weight excluding hydrogens is 348 g/mol. The number of carbonyl (C=O) groups excluding carboxylic acids is 2. The molecule has 0 saturated heterocycles. The van der Waals surface area contributed by atoms with E-state index in [1.54, 1.807) is 37.4 Å². The normalized spacial score (nSPS) is 10.6. The zero-order valence-electron chi connectivity index (χ0n) is 15.4. The van der Waals surface area contributed by atoms with Crippen molar-refractivity contribution in [1.82, 2.24) is 0 Å². The van der Waals surface area contributed by atoms with Gasteiger partial charge in [0.05, 0.1) is 12.7 Å². The highest BCUT2D eigenvalue weighted by molar-refractivity contribution is 6.21. The highest BCUT2D eigenvalue weighted by Crippen LogP contribution is 2.35. The van der Waals surface area contributed by atoms with Gasteiger partial charge in [-0.15, -0.1) is 0 Å². The number of benzene rings is 4. The first-order valence-corrected chi connectivity index (χ1v) is 9.00. The van der Waals surface area contributed by atoms with Gasteiger partial charge < -0.3 is 4.74 Å². The summed E-state index contributed by atoms with van der Waals surface area (Å²) in [6, 6.07) is 27.3. The van der Waals surface area contributed by atoms with Crippen LogP contribution in [-0.2, 0) is 0 Å². The molecule has 0 atom stereocenters. The fourth-order valence-electron chi connectivity index (χ4n) is 3.42. The number of hydrogen-bond acceptors (Lipinski definition) is 3. The number of hydrogen-bond donors (Lipinski definition) is 0. The van der Waals surface area contributed by atoms with E-state index in [1.165, 1.54) is 0 Å². The van der Waals surface area contributed by atoms with Crippen molar-refractivity contribution in [3.8, 4) is 5.75 Å². The molecule has 4 aromatic rings. The van der Waals surface area contributed by atoms with Gasteiger partial charge in [0.15, 0.2) is 11.6 Å². The number of rotatable bonds is 5.